The van der Waals surface area contributed by atoms with Gasteiger partial charge in [-0.1, -0.05) is 29.4 Å². The monoisotopic (exact) mass is 428 g/mol. The van der Waals surface area contributed by atoms with Gasteiger partial charge in [0.25, 0.3) is 0 Å². The lowest BCUT2D eigenvalue weighted by atomic mass is 10.0. The Morgan fingerprint density at radius 3 is 2.16 bits per heavy atom. The van der Waals surface area contributed by atoms with Crippen LogP contribution in [0.1, 0.15) is 0 Å². The van der Waals surface area contributed by atoms with Crippen LogP contribution in [-0.4, -0.2) is 17.6 Å². The SMILES string of the molecule is NC(=O)N(c1ccc(OC(F)(F)F)cc1)c1ccc(-c2cccc3onc(N)c23)cc1. The van der Waals surface area contributed by atoms with E-state index in [1.807, 2.05) is 6.07 Å². The zero-order valence-electron chi connectivity index (χ0n) is 15.8. The fraction of sp³-hybridized carbons (Fsp3) is 0.0476. The van der Waals surface area contributed by atoms with E-state index in [1.165, 1.54) is 12.1 Å². The number of aromatic nitrogens is 1. The van der Waals surface area contributed by atoms with Crippen molar-refractivity contribution in [1.82, 2.24) is 5.16 Å². The number of amides is 2. The fourth-order valence-electron chi connectivity index (χ4n) is 3.25. The second-order valence-electron chi connectivity index (χ2n) is 6.51. The van der Waals surface area contributed by atoms with Gasteiger partial charge in [0.05, 0.1) is 16.8 Å². The molecule has 2 amide bonds. The van der Waals surface area contributed by atoms with Crippen molar-refractivity contribution in [2.45, 2.75) is 6.36 Å². The molecule has 0 aliphatic carbocycles. The van der Waals surface area contributed by atoms with Crippen LogP contribution in [0.2, 0.25) is 0 Å². The lowest BCUT2D eigenvalue weighted by molar-refractivity contribution is -0.274. The van der Waals surface area contributed by atoms with Crippen LogP contribution < -0.4 is 21.1 Å². The highest BCUT2D eigenvalue weighted by molar-refractivity contribution is 6.01. The highest BCUT2D eigenvalue weighted by Crippen LogP contribution is 2.35. The van der Waals surface area contributed by atoms with Gasteiger partial charge in [0.15, 0.2) is 11.4 Å². The Kier molecular flexibility index (Phi) is 4.90. The zero-order chi connectivity index (χ0) is 22.2. The number of halogens is 3. The average Bonchev–Trinajstić information content (AvgIpc) is 3.10. The molecule has 1 aromatic heterocycles. The van der Waals surface area contributed by atoms with E-state index in [9.17, 15) is 18.0 Å². The van der Waals surface area contributed by atoms with Crippen LogP contribution in [-0.2, 0) is 0 Å². The van der Waals surface area contributed by atoms with Crippen LogP contribution in [0.4, 0.5) is 35.2 Å². The number of primary amides is 1. The molecule has 1 heterocycles. The number of hydrogen-bond donors (Lipinski definition) is 2. The number of ether oxygens (including phenoxy) is 1. The third-order valence-corrected chi connectivity index (χ3v) is 4.51. The molecule has 10 heteroatoms. The molecule has 0 bridgehead atoms. The van der Waals surface area contributed by atoms with E-state index < -0.39 is 18.1 Å². The maximum absolute atomic E-state index is 12.3. The number of rotatable bonds is 4. The smallest absolute Gasteiger partial charge is 0.406 e. The van der Waals surface area contributed by atoms with Crippen LogP contribution in [0.3, 0.4) is 0 Å². The summed E-state index contributed by atoms with van der Waals surface area (Å²) in [5.41, 5.74) is 14.2. The van der Waals surface area contributed by atoms with Gasteiger partial charge < -0.3 is 20.7 Å². The molecule has 0 saturated carbocycles. The summed E-state index contributed by atoms with van der Waals surface area (Å²) in [5, 5.41) is 4.44. The molecule has 0 saturated heterocycles. The van der Waals surface area contributed by atoms with E-state index in [0.29, 0.717) is 16.7 Å². The molecule has 0 spiro atoms. The van der Waals surface area contributed by atoms with Crippen molar-refractivity contribution in [3.63, 3.8) is 0 Å². The quantitative estimate of drug-likeness (QED) is 0.465. The first-order valence-electron chi connectivity index (χ1n) is 8.92. The summed E-state index contributed by atoms with van der Waals surface area (Å²) in [5.74, 6) is -0.148. The Balaban J connectivity index is 1.66. The predicted molar refractivity (Wildman–Crippen MR) is 109 cm³/mol. The van der Waals surface area contributed by atoms with Crippen LogP contribution in [0.5, 0.6) is 5.75 Å². The second kappa shape index (κ2) is 7.56. The molecule has 4 rings (SSSR count). The molecule has 4 aromatic rings. The zero-order valence-corrected chi connectivity index (χ0v) is 15.8. The number of nitrogen functional groups attached to an aromatic ring is 1. The van der Waals surface area contributed by atoms with Crippen molar-refractivity contribution in [3.05, 3.63) is 66.7 Å². The lowest BCUT2D eigenvalue weighted by Crippen LogP contribution is -2.31. The molecule has 0 unspecified atom stereocenters. The summed E-state index contributed by atoms with van der Waals surface area (Å²) < 4.78 is 46.1. The van der Waals surface area contributed by atoms with Crippen LogP contribution in [0.25, 0.3) is 22.1 Å². The predicted octanol–water partition coefficient (Wildman–Crippen LogP) is 5.19. The maximum Gasteiger partial charge on any atom is 0.573 e. The van der Waals surface area contributed by atoms with Crippen LogP contribution in [0, 0.1) is 0 Å². The van der Waals surface area contributed by atoms with E-state index in [-0.39, 0.29) is 11.5 Å². The Bertz CT molecular complexity index is 1240. The summed E-state index contributed by atoms with van der Waals surface area (Å²) >= 11 is 0. The molecule has 4 N–H and O–H groups in total. The summed E-state index contributed by atoms with van der Waals surface area (Å²) in [4.78, 5) is 13.2. The molecule has 0 radical (unpaired) electrons. The molecular formula is C21H15F3N4O3. The summed E-state index contributed by atoms with van der Waals surface area (Å²) in [6, 6.07) is 16.2. The number of urea groups is 1. The average molecular weight is 428 g/mol. The van der Waals surface area contributed by atoms with E-state index in [2.05, 4.69) is 9.89 Å². The number of benzene rings is 3. The molecular weight excluding hydrogens is 413 g/mol. The third kappa shape index (κ3) is 4.08. The lowest BCUT2D eigenvalue weighted by Gasteiger charge is -2.21. The van der Waals surface area contributed by atoms with E-state index in [1.54, 1.807) is 36.4 Å². The Hall–Kier alpha value is -4.21. The van der Waals surface area contributed by atoms with E-state index in [0.717, 1.165) is 28.2 Å². The standard InChI is InChI=1S/C21H15F3N4O3/c22-21(23,24)30-15-10-8-14(9-11-15)28(20(26)29)13-6-4-12(5-7-13)16-2-1-3-17-18(16)19(25)27-31-17/h1-11H,(H2,25,27)(H2,26,29). The Morgan fingerprint density at radius 1 is 0.968 bits per heavy atom. The number of hydrogen-bond acceptors (Lipinski definition) is 5. The first kappa shape index (κ1) is 20.1. The van der Waals surface area contributed by atoms with Gasteiger partial charge in [-0.15, -0.1) is 13.2 Å². The molecule has 31 heavy (non-hydrogen) atoms. The topological polar surface area (TPSA) is 108 Å². The summed E-state index contributed by atoms with van der Waals surface area (Å²) in [7, 11) is 0. The van der Waals surface area contributed by atoms with Gasteiger partial charge in [0.1, 0.15) is 5.75 Å². The minimum absolute atomic E-state index is 0.259. The number of nitrogens with two attached hydrogens (primary N) is 2. The van der Waals surface area contributed by atoms with Crippen molar-refractivity contribution in [1.29, 1.82) is 0 Å². The third-order valence-electron chi connectivity index (χ3n) is 4.51. The number of alkyl halides is 3. The van der Waals surface area contributed by atoms with Gasteiger partial charge in [-0.05, 0) is 53.6 Å². The number of carbonyl (C=O) groups is 1. The minimum atomic E-state index is -4.81. The molecule has 3 aromatic carbocycles. The number of nitrogens with zero attached hydrogens (tertiary/aromatic N) is 2. The fourth-order valence-corrected chi connectivity index (χ4v) is 3.25. The molecule has 0 atom stereocenters. The largest absolute Gasteiger partial charge is 0.573 e. The highest BCUT2D eigenvalue weighted by atomic mass is 19.4. The second-order valence-corrected chi connectivity index (χ2v) is 6.51. The van der Waals surface area contributed by atoms with E-state index in [4.69, 9.17) is 16.0 Å². The minimum Gasteiger partial charge on any atom is -0.406 e. The van der Waals surface area contributed by atoms with Crippen LogP contribution in [0.15, 0.2) is 71.3 Å². The molecule has 0 aliphatic rings. The van der Waals surface area contributed by atoms with Crippen molar-refractivity contribution in [2.75, 3.05) is 10.6 Å². The van der Waals surface area contributed by atoms with Gasteiger partial charge in [-0.2, -0.15) is 0 Å². The number of anilines is 3. The summed E-state index contributed by atoms with van der Waals surface area (Å²) in [6.45, 7) is 0. The van der Waals surface area contributed by atoms with Gasteiger partial charge in [-0.3, -0.25) is 4.90 Å². The number of fused-ring (bicyclic) bond motifs is 1. The molecule has 0 fully saturated rings. The molecule has 0 aliphatic heterocycles. The first-order valence-corrected chi connectivity index (χ1v) is 8.92. The normalized spacial score (nSPS) is 11.5. The van der Waals surface area contributed by atoms with Gasteiger partial charge in [0, 0.05) is 0 Å². The molecule has 158 valence electrons. The van der Waals surface area contributed by atoms with Crippen molar-refractivity contribution in [2.24, 2.45) is 5.73 Å². The van der Waals surface area contributed by atoms with E-state index >= 15 is 0 Å². The Morgan fingerprint density at radius 2 is 1.58 bits per heavy atom. The van der Waals surface area contributed by atoms with Crippen molar-refractivity contribution >= 4 is 34.2 Å². The van der Waals surface area contributed by atoms with Crippen LogP contribution >= 0.6 is 0 Å². The first-order chi connectivity index (χ1) is 14.7. The number of carbonyl (C=O) groups excluding carboxylic acids is 1. The van der Waals surface area contributed by atoms with Crippen molar-refractivity contribution in [3.8, 4) is 16.9 Å². The maximum atomic E-state index is 12.3. The van der Waals surface area contributed by atoms with Gasteiger partial charge in [-0.25, -0.2) is 4.79 Å². The van der Waals surface area contributed by atoms with Gasteiger partial charge >= 0.3 is 12.4 Å². The highest BCUT2D eigenvalue weighted by Gasteiger charge is 2.31. The van der Waals surface area contributed by atoms with Crippen molar-refractivity contribution < 1.29 is 27.2 Å². The summed E-state index contributed by atoms with van der Waals surface area (Å²) in [6.07, 6.45) is -4.81. The Labute approximate surface area is 173 Å². The van der Waals surface area contributed by atoms with Gasteiger partial charge in [0.2, 0.25) is 0 Å². The molecule has 7 nitrogen and oxygen atoms in total.